The summed E-state index contributed by atoms with van der Waals surface area (Å²) in [6.45, 7) is 0. The van der Waals surface area contributed by atoms with E-state index in [0.29, 0.717) is 5.39 Å². The molecule has 0 unspecified atom stereocenters. The molecule has 0 aliphatic heterocycles. The quantitative estimate of drug-likeness (QED) is 0.709. The maximum Gasteiger partial charge on any atom is 0.258 e. The number of halogens is 2. The van der Waals surface area contributed by atoms with Gasteiger partial charge in [-0.05, 0) is 28.1 Å². The maximum absolute atomic E-state index is 12.9. The fraction of sp³-hybridized carbons (Fsp3) is 0.100. The molecule has 0 radical (unpaired) electrons. The van der Waals surface area contributed by atoms with E-state index in [9.17, 15) is 9.18 Å². The van der Waals surface area contributed by atoms with E-state index in [2.05, 4.69) is 15.9 Å². The summed E-state index contributed by atoms with van der Waals surface area (Å²) >= 11 is 3.32. The highest BCUT2D eigenvalue weighted by atomic mass is 79.9. The molecule has 0 aliphatic rings. The van der Waals surface area contributed by atoms with Crippen molar-refractivity contribution in [1.29, 1.82) is 0 Å². The van der Waals surface area contributed by atoms with Gasteiger partial charge in [-0.2, -0.15) is 0 Å². The molecule has 0 bridgehead atoms. The minimum absolute atomic E-state index is 0.192. The monoisotopic (exact) mass is 255 g/mol. The molecule has 0 amide bonds. The normalized spacial score (nSPS) is 10.8. The topological polar surface area (TPSA) is 22.0 Å². The van der Waals surface area contributed by atoms with Crippen molar-refractivity contribution < 1.29 is 4.39 Å². The van der Waals surface area contributed by atoms with Crippen LogP contribution in [-0.4, -0.2) is 4.57 Å². The van der Waals surface area contributed by atoms with E-state index in [1.807, 2.05) is 0 Å². The lowest BCUT2D eigenvalue weighted by atomic mass is 10.2. The standard InChI is InChI=1S/C10H7BrFNO/c1-13-5-9(11)7-3-2-6(12)4-8(7)10(13)14/h2-5H,1H3. The summed E-state index contributed by atoms with van der Waals surface area (Å²) in [6, 6.07) is 4.19. The number of pyridine rings is 1. The van der Waals surface area contributed by atoms with Crippen molar-refractivity contribution in [3.8, 4) is 0 Å². The van der Waals surface area contributed by atoms with Gasteiger partial charge in [-0.3, -0.25) is 4.79 Å². The maximum atomic E-state index is 12.9. The largest absolute Gasteiger partial charge is 0.317 e. The second-order valence-corrected chi connectivity index (χ2v) is 3.94. The van der Waals surface area contributed by atoms with Crippen molar-refractivity contribution in [2.75, 3.05) is 0 Å². The average molecular weight is 256 g/mol. The first-order valence-electron chi connectivity index (χ1n) is 4.04. The first-order valence-corrected chi connectivity index (χ1v) is 4.83. The van der Waals surface area contributed by atoms with Crippen LogP contribution < -0.4 is 5.56 Å². The van der Waals surface area contributed by atoms with Crippen molar-refractivity contribution in [2.45, 2.75) is 0 Å². The zero-order valence-electron chi connectivity index (χ0n) is 7.42. The number of hydrogen-bond donors (Lipinski definition) is 0. The van der Waals surface area contributed by atoms with E-state index in [1.165, 1.54) is 16.7 Å². The van der Waals surface area contributed by atoms with Gasteiger partial charge < -0.3 is 4.57 Å². The van der Waals surface area contributed by atoms with Gasteiger partial charge in [0.15, 0.2) is 0 Å². The Labute approximate surface area is 88.1 Å². The van der Waals surface area contributed by atoms with E-state index in [1.54, 1.807) is 19.3 Å². The van der Waals surface area contributed by atoms with Crippen LogP contribution in [-0.2, 0) is 7.05 Å². The van der Waals surface area contributed by atoms with E-state index < -0.39 is 5.82 Å². The molecule has 1 heterocycles. The zero-order chi connectivity index (χ0) is 10.3. The Morgan fingerprint density at radius 2 is 2.07 bits per heavy atom. The van der Waals surface area contributed by atoms with Gasteiger partial charge in [0.05, 0.1) is 5.39 Å². The predicted molar refractivity (Wildman–Crippen MR) is 56.8 cm³/mol. The highest BCUT2D eigenvalue weighted by Crippen LogP contribution is 2.21. The molecular weight excluding hydrogens is 249 g/mol. The summed E-state index contributed by atoms with van der Waals surface area (Å²) in [5, 5.41) is 1.12. The van der Waals surface area contributed by atoms with Gasteiger partial charge in [-0.1, -0.05) is 6.07 Å². The van der Waals surface area contributed by atoms with Gasteiger partial charge in [-0.25, -0.2) is 4.39 Å². The van der Waals surface area contributed by atoms with Crippen LogP contribution in [0.15, 0.2) is 33.7 Å². The molecule has 0 aliphatic carbocycles. The fourth-order valence-corrected chi connectivity index (χ4v) is 2.04. The van der Waals surface area contributed by atoms with Gasteiger partial charge in [-0.15, -0.1) is 0 Å². The molecule has 0 saturated carbocycles. The molecule has 14 heavy (non-hydrogen) atoms. The molecule has 0 fully saturated rings. The fourth-order valence-electron chi connectivity index (χ4n) is 1.39. The number of aromatic nitrogens is 1. The van der Waals surface area contributed by atoms with E-state index in [-0.39, 0.29) is 5.56 Å². The van der Waals surface area contributed by atoms with Crippen LogP contribution in [0.5, 0.6) is 0 Å². The Morgan fingerprint density at radius 3 is 2.79 bits per heavy atom. The Hall–Kier alpha value is -1.16. The molecule has 0 saturated heterocycles. The Morgan fingerprint density at radius 1 is 1.36 bits per heavy atom. The van der Waals surface area contributed by atoms with Crippen LogP contribution >= 0.6 is 15.9 Å². The minimum atomic E-state index is -0.396. The summed E-state index contributed by atoms with van der Waals surface area (Å²) in [7, 11) is 1.64. The van der Waals surface area contributed by atoms with Crippen LogP contribution in [0.1, 0.15) is 0 Å². The summed E-state index contributed by atoms with van der Waals surface area (Å²) in [5.74, 6) is -0.396. The third-order valence-corrected chi connectivity index (χ3v) is 2.73. The van der Waals surface area contributed by atoms with Crippen LogP contribution in [0.2, 0.25) is 0 Å². The van der Waals surface area contributed by atoms with Crippen LogP contribution in [0.4, 0.5) is 4.39 Å². The Balaban J connectivity index is 3.03. The number of aryl methyl sites for hydroxylation is 1. The summed E-state index contributed by atoms with van der Waals surface area (Å²) in [4.78, 5) is 11.6. The third kappa shape index (κ3) is 1.35. The van der Waals surface area contributed by atoms with Crippen molar-refractivity contribution in [3.05, 3.63) is 45.0 Å². The SMILES string of the molecule is Cn1cc(Br)c2ccc(F)cc2c1=O. The Bertz CT molecular complexity index is 562. The average Bonchev–Trinajstić information content (AvgIpc) is 2.14. The summed E-state index contributed by atoms with van der Waals surface area (Å²) in [6.07, 6.45) is 1.67. The first-order chi connectivity index (χ1) is 6.59. The minimum Gasteiger partial charge on any atom is -0.317 e. The molecular formula is C10H7BrFNO. The molecule has 1 aromatic carbocycles. The lowest BCUT2D eigenvalue weighted by Gasteiger charge is -2.03. The Kier molecular flexibility index (Phi) is 2.15. The highest BCUT2D eigenvalue weighted by molar-refractivity contribution is 9.10. The van der Waals surface area contributed by atoms with Gasteiger partial charge in [0.25, 0.3) is 5.56 Å². The number of rotatable bonds is 0. The zero-order valence-corrected chi connectivity index (χ0v) is 9.01. The van der Waals surface area contributed by atoms with Gasteiger partial charge in [0.2, 0.25) is 0 Å². The van der Waals surface area contributed by atoms with Gasteiger partial charge in [0, 0.05) is 23.1 Å². The van der Waals surface area contributed by atoms with Crippen molar-refractivity contribution in [3.63, 3.8) is 0 Å². The van der Waals surface area contributed by atoms with Crippen molar-refractivity contribution >= 4 is 26.7 Å². The number of hydrogen-bond acceptors (Lipinski definition) is 1. The number of nitrogens with zero attached hydrogens (tertiary/aromatic N) is 1. The second-order valence-electron chi connectivity index (χ2n) is 3.08. The van der Waals surface area contributed by atoms with Gasteiger partial charge >= 0.3 is 0 Å². The molecule has 0 N–H and O–H groups in total. The molecule has 4 heteroatoms. The second kappa shape index (κ2) is 3.20. The van der Waals surface area contributed by atoms with Crippen molar-refractivity contribution in [2.24, 2.45) is 7.05 Å². The van der Waals surface area contributed by atoms with Crippen molar-refractivity contribution in [1.82, 2.24) is 4.57 Å². The van der Waals surface area contributed by atoms with Gasteiger partial charge in [0.1, 0.15) is 5.82 Å². The van der Waals surface area contributed by atoms with E-state index in [4.69, 9.17) is 0 Å². The molecule has 1 aromatic heterocycles. The van der Waals surface area contributed by atoms with Crippen LogP contribution in [0.3, 0.4) is 0 Å². The molecule has 72 valence electrons. The third-order valence-electron chi connectivity index (χ3n) is 2.10. The van der Waals surface area contributed by atoms with E-state index >= 15 is 0 Å². The summed E-state index contributed by atoms with van der Waals surface area (Å²) < 4.78 is 15.1. The van der Waals surface area contributed by atoms with E-state index in [0.717, 1.165) is 9.86 Å². The molecule has 2 rings (SSSR count). The lowest BCUT2D eigenvalue weighted by molar-refractivity contribution is 0.629. The highest BCUT2D eigenvalue weighted by Gasteiger charge is 2.05. The first kappa shape index (κ1) is 9.40. The predicted octanol–water partition coefficient (Wildman–Crippen LogP) is 2.44. The summed E-state index contributed by atoms with van der Waals surface area (Å²) in [5.41, 5.74) is -0.192. The number of benzene rings is 1. The molecule has 2 aromatic rings. The lowest BCUT2D eigenvalue weighted by Crippen LogP contribution is -2.16. The number of fused-ring (bicyclic) bond motifs is 1. The van der Waals surface area contributed by atoms with Crippen LogP contribution in [0.25, 0.3) is 10.8 Å². The molecule has 0 spiro atoms. The smallest absolute Gasteiger partial charge is 0.258 e. The molecule has 0 atom stereocenters. The molecule has 2 nitrogen and oxygen atoms in total. The van der Waals surface area contributed by atoms with Crippen LogP contribution in [0, 0.1) is 5.82 Å².